The van der Waals surface area contributed by atoms with Crippen molar-refractivity contribution in [2.24, 2.45) is 0 Å². The first-order valence-electron chi connectivity index (χ1n) is 6.27. The summed E-state index contributed by atoms with van der Waals surface area (Å²) in [7, 11) is 0. The van der Waals surface area contributed by atoms with E-state index in [9.17, 15) is 9.59 Å². The third-order valence-corrected chi connectivity index (χ3v) is 4.14. The number of hydrogen-bond donors (Lipinski definition) is 3. The number of aliphatic hydroxyl groups is 1. The number of carbonyl (C=O) groups excluding carboxylic acids is 2. The van der Waals surface area contributed by atoms with Gasteiger partial charge in [0.25, 0.3) is 5.24 Å². The van der Waals surface area contributed by atoms with Crippen molar-refractivity contribution >= 4 is 22.9 Å². The molecule has 0 saturated carbocycles. The Labute approximate surface area is 110 Å². The van der Waals surface area contributed by atoms with Crippen molar-refractivity contribution in [2.75, 3.05) is 32.0 Å². The lowest BCUT2D eigenvalue weighted by molar-refractivity contribution is -0.133. The summed E-state index contributed by atoms with van der Waals surface area (Å²) in [6.45, 7) is 1.87. The highest BCUT2D eigenvalue weighted by Crippen LogP contribution is 2.16. The topological polar surface area (TPSA) is 81.7 Å². The zero-order valence-electron chi connectivity index (χ0n) is 10.2. The summed E-state index contributed by atoms with van der Waals surface area (Å²) in [6, 6.07) is -0.124. The molecule has 2 atom stereocenters. The summed E-state index contributed by atoms with van der Waals surface area (Å²) in [6.07, 6.45) is 2.18. The lowest BCUT2D eigenvalue weighted by Crippen LogP contribution is -2.50. The van der Waals surface area contributed by atoms with E-state index in [4.69, 9.17) is 5.11 Å². The summed E-state index contributed by atoms with van der Waals surface area (Å²) in [4.78, 5) is 25.0. The molecule has 18 heavy (non-hydrogen) atoms. The fourth-order valence-electron chi connectivity index (χ4n) is 2.33. The van der Waals surface area contributed by atoms with E-state index < -0.39 is 6.04 Å². The molecule has 2 fully saturated rings. The van der Waals surface area contributed by atoms with Crippen molar-refractivity contribution in [3.05, 3.63) is 0 Å². The molecule has 2 saturated heterocycles. The summed E-state index contributed by atoms with van der Waals surface area (Å²) >= 11 is 1.14. The number of rotatable bonds is 5. The smallest absolute Gasteiger partial charge is 0.279 e. The molecule has 0 aromatic rings. The Hall–Kier alpha value is -0.790. The predicted octanol–water partition coefficient (Wildman–Crippen LogP) is -0.616. The summed E-state index contributed by atoms with van der Waals surface area (Å²) in [5.74, 6) is 0.397. The second kappa shape index (κ2) is 6.40. The average molecular weight is 273 g/mol. The van der Waals surface area contributed by atoms with Crippen molar-refractivity contribution < 1.29 is 14.7 Å². The van der Waals surface area contributed by atoms with Crippen LogP contribution < -0.4 is 10.6 Å². The van der Waals surface area contributed by atoms with Gasteiger partial charge in [-0.15, -0.1) is 0 Å². The Balaban J connectivity index is 1.90. The van der Waals surface area contributed by atoms with E-state index in [-0.39, 0.29) is 17.8 Å². The van der Waals surface area contributed by atoms with E-state index in [1.807, 2.05) is 0 Å². The van der Waals surface area contributed by atoms with Gasteiger partial charge in [0.2, 0.25) is 5.91 Å². The number of aliphatic hydroxyl groups excluding tert-OH is 1. The lowest BCUT2D eigenvalue weighted by Gasteiger charge is -2.27. The largest absolute Gasteiger partial charge is 0.395 e. The fraction of sp³-hybridized carbons (Fsp3) is 0.818. The van der Waals surface area contributed by atoms with Crippen molar-refractivity contribution in [3.8, 4) is 0 Å². The van der Waals surface area contributed by atoms with Crippen molar-refractivity contribution in [1.82, 2.24) is 15.5 Å². The fourth-order valence-corrected chi connectivity index (χ4v) is 3.10. The maximum Gasteiger partial charge on any atom is 0.279 e. The van der Waals surface area contributed by atoms with Crippen LogP contribution >= 0.6 is 11.8 Å². The Bertz CT molecular complexity index is 321. The van der Waals surface area contributed by atoms with Gasteiger partial charge < -0.3 is 20.6 Å². The number of hydrogen-bond acceptors (Lipinski definition) is 5. The molecule has 0 radical (unpaired) electrons. The van der Waals surface area contributed by atoms with Crippen LogP contribution in [0, 0.1) is 0 Å². The lowest BCUT2D eigenvalue weighted by atomic mass is 10.2. The summed E-state index contributed by atoms with van der Waals surface area (Å²) in [5.41, 5.74) is 0. The molecule has 2 rings (SSSR count). The van der Waals surface area contributed by atoms with Crippen LogP contribution in [0.1, 0.15) is 12.8 Å². The molecule has 0 aromatic carbocycles. The van der Waals surface area contributed by atoms with Crippen LogP contribution in [0.2, 0.25) is 0 Å². The van der Waals surface area contributed by atoms with Crippen LogP contribution in [0.15, 0.2) is 0 Å². The number of nitrogens with zero attached hydrogens (tertiary/aromatic N) is 1. The molecule has 2 aliphatic rings. The van der Waals surface area contributed by atoms with Gasteiger partial charge in [0, 0.05) is 24.9 Å². The molecule has 6 nitrogen and oxygen atoms in total. The highest BCUT2D eigenvalue weighted by Gasteiger charge is 2.32. The first-order chi connectivity index (χ1) is 8.70. The van der Waals surface area contributed by atoms with Gasteiger partial charge in [-0.3, -0.25) is 9.59 Å². The molecule has 7 heteroatoms. The zero-order chi connectivity index (χ0) is 13.0. The second-order valence-electron chi connectivity index (χ2n) is 4.60. The van der Waals surface area contributed by atoms with E-state index in [1.54, 1.807) is 4.90 Å². The van der Waals surface area contributed by atoms with Crippen LogP contribution in [0.3, 0.4) is 0 Å². The molecule has 2 aliphatic heterocycles. The van der Waals surface area contributed by atoms with Gasteiger partial charge in [-0.2, -0.15) is 0 Å². The molecule has 0 spiro atoms. The highest BCUT2D eigenvalue weighted by molar-refractivity contribution is 8.14. The summed E-state index contributed by atoms with van der Waals surface area (Å²) < 4.78 is 0. The summed E-state index contributed by atoms with van der Waals surface area (Å²) in [5, 5.41) is 14.9. The van der Waals surface area contributed by atoms with Crippen LogP contribution in [-0.2, 0) is 4.79 Å². The van der Waals surface area contributed by atoms with E-state index in [0.717, 1.165) is 31.1 Å². The van der Waals surface area contributed by atoms with Crippen molar-refractivity contribution in [3.63, 3.8) is 0 Å². The van der Waals surface area contributed by atoms with Gasteiger partial charge in [0.15, 0.2) is 0 Å². The van der Waals surface area contributed by atoms with Gasteiger partial charge in [-0.1, -0.05) is 11.8 Å². The molecule has 2 amide bonds. The predicted molar refractivity (Wildman–Crippen MR) is 69.5 cm³/mol. The quantitative estimate of drug-likeness (QED) is 0.622. The maximum atomic E-state index is 12.2. The Morgan fingerprint density at radius 2 is 2.39 bits per heavy atom. The Morgan fingerprint density at radius 3 is 2.94 bits per heavy atom. The first-order valence-corrected chi connectivity index (χ1v) is 7.25. The van der Waals surface area contributed by atoms with Crippen LogP contribution in [0.25, 0.3) is 0 Å². The normalized spacial score (nSPS) is 27.3. The minimum atomic E-state index is -0.435. The molecular formula is C11H19N3O3S. The first kappa shape index (κ1) is 13.6. The molecular weight excluding hydrogens is 254 g/mol. The molecule has 2 heterocycles. The molecule has 0 aromatic heterocycles. The van der Waals surface area contributed by atoms with E-state index in [2.05, 4.69) is 10.6 Å². The average Bonchev–Trinajstić information content (AvgIpc) is 2.99. The monoisotopic (exact) mass is 273 g/mol. The molecule has 102 valence electrons. The maximum absolute atomic E-state index is 12.2. The van der Waals surface area contributed by atoms with Gasteiger partial charge in [0.1, 0.15) is 6.04 Å². The van der Waals surface area contributed by atoms with Gasteiger partial charge >= 0.3 is 0 Å². The number of carbonyl (C=O) groups is 2. The zero-order valence-corrected chi connectivity index (χ0v) is 11.0. The van der Waals surface area contributed by atoms with Crippen LogP contribution in [-0.4, -0.2) is 65.2 Å². The molecule has 0 bridgehead atoms. The van der Waals surface area contributed by atoms with Crippen molar-refractivity contribution in [1.29, 1.82) is 0 Å². The number of amides is 2. The number of nitrogens with one attached hydrogen (secondary N) is 2. The van der Waals surface area contributed by atoms with E-state index in [0.29, 0.717) is 24.9 Å². The molecule has 0 aliphatic carbocycles. The SMILES string of the molecule is O=C1NC(C(=O)N(CCO)CC2CCCN2)CS1. The standard InChI is InChI=1S/C11H19N3O3S/c15-5-4-14(6-8-2-1-3-12-8)10(16)9-7-18-11(17)13-9/h8-9,12,15H,1-7H2,(H,13,17). The van der Waals surface area contributed by atoms with Gasteiger partial charge in [-0.05, 0) is 19.4 Å². The minimum Gasteiger partial charge on any atom is -0.395 e. The highest BCUT2D eigenvalue weighted by atomic mass is 32.2. The Kier molecular flexibility index (Phi) is 4.85. The third kappa shape index (κ3) is 3.37. The third-order valence-electron chi connectivity index (χ3n) is 3.26. The molecule has 3 N–H and O–H groups in total. The van der Waals surface area contributed by atoms with Gasteiger partial charge in [-0.25, -0.2) is 0 Å². The van der Waals surface area contributed by atoms with E-state index >= 15 is 0 Å². The van der Waals surface area contributed by atoms with Crippen LogP contribution in [0.5, 0.6) is 0 Å². The second-order valence-corrected chi connectivity index (χ2v) is 5.59. The number of thioether (sulfide) groups is 1. The van der Waals surface area contributed by atoms with Gasteiger partial charge in [0.05, 0.1) is 6.61 Å². The van der Waals surface area contributed by atoms with Crippen LogP contribution in [0.4, 0.5) is 4.79 Å². The molecule has 2 unspecified atom stereocenters. The Morgan fingerprint density at radius 1 is 1.56 bits per heavy atom. The minimum absolute atomic E-state index is 0.0493. The van der Waals surface area contributed by atoms with E-state index in [1.165, 1.54) is 0 Å². The van der Waals surface area contributed by atoms with Crippen molar-refractivity contribution in [2.45, 2.75) is 24.9 Å².